The maximum Gasteiger partial charge on any atom is 0.316 e. The van der Waals surface area contributed by atoms with Crippen molar-refractivity contribution in [2.24, 2.45) is 0 Å². The monoisotopic (exact) mass is 198 g/mol. The number of rotatable bonds is 2. The lowest BCUT2D eigenvalue weighted by Crippen LogP contribution is -1.90. The molecule has 0 aromatic heterocycles. The van der Waals surface area contributed by atoms with E-state index in [2.05, 4.69) is 0 Å². The van der Waals surface area contributed by atoms with Gasteiger partial charge in [-0.25, -0.2) is 0 Å². The van der Waals surface area contributed by atoms with E-state index in [0.29, 0.717) is 6.42 Å². The zero-order valence-corrected chi connectivity index (χ0v) is 8.01. The van der Waals surface area contributed by atoms with E-state index in [0.717, 1.165) is 6.42 Å². The van der Waals surface area contributed by atoms with Crippen LogP contribution in [0.5, 0.6) is 0 Å². The van der Waals surface area contributed by atoms with Crippen molar-refractivity contribution in [1.82, 2.24) is 0 Å². The van der Waals surface area contributed by atoms with Crippen LogP contribution >= 0.6 is 0 Å². The van der Waals surface area contributed by atoms with Gasteiger partial charge in [0.15, 0.2) is 0 Å². The molecule has 0 aromatic rings. The Morgan fingerprint density at radius 3 is 1.46 bits per heavy atom. The van der Waals surface area contributed by atoms with Crippen LogP contribution < -0.4 is 0 Å². The lowest BCUT2D eigenvalue weighted by molar-refractivity contribution is -0.137. The van der Waals surface area contributed by atoms with E-state index in [1.807, 2.05) is 6.92 Å². The van der Waals surface area contributed by atoms with Gasteiger partial charge in [0.1, 0.15) is 0 Å². The highest BCUT2D eigenvalue weighted by Gasteiger charge is 1.95. The van der Waals surface area contributed by atoms with Crippen molar-refractivity contribution in [2.45, 2.75) is 58.3 Å². The van der Waals surface area contributed by atoms with Gasteiger partial charge in [0.05, 0.1) is 0 Å². The molecule has 1 saturated carbocycles. The summed E-state index contributed by atoms with van der Waals surface area (Å²) in [6.07, 6.45) is 10.0. The van der Waals surface area contributed by atoms with Crippen LogP contribution in [0.1, 0.15) is 58.3 Å². The van der Waals surface area contributed by atoms with Crippen LogP contribution in [-0.2, 0) is 4.79 Å². The number of hydrogen-bond acceptors (Lipinski definition) is 1. The minimum atomic E-state index is -0.711. The largest absolute Gasteiger partial charge is 0.481 e. The SMILES string of the molecule is C1CCCCC1.CCCC(=O)O.[MgH2]. The van der Waals surface area contributed by atoms with Crippen molar-refractivity contribution in [2.75, 3.05) is 0 Å². The van der Waals surface area contributed by atoms with Gasteiger partial charge in [0, 0.05) is 6.42 Å². The third-order valence-electron chi connectivity index (χ3n) is 1.96. The second-order valence-corrected chi connectivity index (χ2v) is 3.27. The fraction of sp³-hybridized carbons (Fsp3) is 0.900. The lowest BCUT2D eigenvalue weighted by atomic mass is 10.0. The second-order valence-electron chi connectivity index (χ2n) is 3.27. The van der Waals surface area contributed by atoms with Gasteiger partial charge in [-0.05, 0) is 6.42 Å². The molecule has 0 amide bonds. The Morgan fingerprint density at radius 2 is 1.38 bits per heavy atom. The molecule has 1 aliphatic carbocycles. The first-order valence-corrected chi connectivity index (χ1v) is 4.99. The van der Waals surface area contributed by atoms with Gasteiger partial charge in [0.2, 0.25) is 0 Å². The molecule has 1 aliphatic rings. The van der Waals surface area contributed by atoms with Gasteiger partial charge >= 0.3 is 29.0 Å². The number of carboxylic acids is 1. The molecule has 1 rings (SSSR count). The van der Waals surface area contributed by atoms with Crippen molar-refractivity contribution in [3.05, 3.63) is 0 Å². The first-order chi connectivity index (χ1) is 5.77. The minimum Gasteiger partial charge on any atom is -0.481 e. The summed E-state index contributed by atoms with van der Waals surface area (Å²) in [7, 11) is 0. The predicted octanol–water partition coefficient (Wildman–Crippen LogP) is 2.30. The summed E-state index contributed by atoms with van der Waals surface area (Å²) in [5.41, 5.74) is 0. The average Bonchev–Trinajstić information content (AvgIpc) is 2.08. The van der Waals surface area contributed by atoms with Crippen LogP contribution in [-0.4, -0.2) is 34.1 Å². The van der Waals surface area contributed by atoms with E-state index in [-0.39, 0.29) is 23.1 Å². The molecular formula is C10H22MgO2. The molecule has 0 bridgehead atoms. The molecule has 0 aliphatic heterocycles. The zero-order chi connectivity index (χ0) is 9.23. The fourth-order valence-electron chi connectivity index (χ4n) is 1.27. The smallest absolute Gasteiger partial charge is 0.316 e. The second kappa shape index (κ2) is 12.2. The molecule has 1 N–H and O–H groups in total. The van der Waals surface area contributed by atoms with Crippen molar-refractivity contribution < 1.29 is 9.90 Å². The van der Waals surface area contributed by atoms with E-state index >= 15 is 0 Å². The van der Waals surface area contributed by atoms with E-state index < -0.39 is 5.97 Å². The molecule has 0 atom stereocenters. The summed E-state index contributed by atoms with van der Waals surface area (Å²) >= 11 is 0. The molecule has 0 saturated heterocycles. The van der Waals surface area contributed by atoms with Crippen molar-refractivity contribution in [1.29, 1.82) is 0 Å². The number of carboxylic acid groups (broad SMARTS) is 1. The normalized spacial score (nSPS) is 14.8. The average molecular weight is 199 g/mol. The summed E-state index contributed by atoms with van der Waals surface area (Å²) < 4.78 is 0. The van der Waals surface area contributed by atoms with Crippen molar-refractivity contribution in [3.8, 4) is 0 Å². The van der Waals surface area contributed by atoms with E-state index in [1.54, 1.807) is 0 Å². The molecule has 0 heterocycles. The van der Waals surface area contributed by atoms with Gasteiger partial charge in [-0.1, -0.05) is 45.4 Å². The Kier molecular flexibility index (Phi) is 14.8. The van der Waals surface area contributed by atoms with Crippen molar-refractivity contribution >= 4 is 29.0 Å². The van der Waals surface area contributed by atoms with Gasteiger partial charge in [-0.2, -0.15) is 0 Å². The Morgan fingerprint density at radius 1 is 1.08 bits per heavy atom. The van der Waals surface area contributed by atoms with Crippen LogP contribution in [0.2, 0.25) is 0 Å². The first-order valence-electron chi connectivity index (χ1n) is 4.99. The van der Waals surface area contributed by atoms with Crippen LogP contribution in [0, 0.1) is 0 Å². The standard InChI is InChI=1S/C6H12.C4H8O2.Mg.2H/c1-2-4-6-5-3-1;1-2-3-4(5)6;;;/h1-6H2;2-3H2,1H3,(H,5,6);;;. The van der Waals surface area contributed by atoms with E-state index in [4.69, 9.17) is 5.11 Å². The Labute approximate surface area is 97.2 Å². The lowest BCUT2D eigenvalue weighted by Gasteiger charge is -2.05. The maximum atomic E-state index is 9.60. The summed E-state index contributed by atoms with van der Waals surface area (Å²) in [4.78, 5) is 9.60. The first kappa shape index (κ1) is 15.7. The van der Waals surface area contributed by atoms with Gasteiger partial charge in [-0.3, -0.25) is 4.79 Å². The number of hydrogen-bond donors (Lipinski definition) is 1. The quantitative estimate of drug-likeness (QED) is 0.692. The van der Waals surface area contributed by atoms with Gasteiger partial charge in [-0.15, -0.1) is 0 Å². The molecule has 0 spiro atoms. The highest BCUT2D eigenvalue weighted by atomic mass is 24.3. The van der Waals surface area contributed by atoms with Crippen LogP contribution in [0.3, 0.4) is 0 Å². The minimum absolute atomic E-state index is 0. The summed E-state index contributed by atoms with van der Waals surface area (Å²) in [6.45, 7) is 1.84. The van der Waals surface area contributed by atoms with Crippen LogP contribution in [0.25, 0.3) is 0 Å². The van der Waals surface area contributed by atoms with E-state index in [9.17, 15) is 4.79 Å². The zero-order valence-electron chi connectivity index (χ0n) is 8.01. The van der Waals surface area contributed by atoms with E-state index in [1.165, 1.54) is 38.5 Å². The molecule has 1 fully saturated rings. The molecule has 0 aromatic carbocycles. The molecule has 0 radical (unpaired) electrons. The third-order valence-corrected chi connectivity index (χ3v) is 1.96. The molecule has 13 heavy (non-hydrogen) atoms. The highest BCUT2D eigenvalue weighted by molar-refractivity contribution is 5.75. The number of carbonyl (C=O) groups is 1. The topological polar surface area (TPSA) is 37.3 Å². The van der Waals surface area contributed by atoms with Gasteiger partial charge < -0.3 is 5.11 Å². The number of aliphatic carboxylic acids is 1. The molecule has 0 unspecified atom stereocenters. The highest BCUT2D eigenvalue weighted by Crippen LogP contribution is 2.15. The molecule has 3 heteroatoms. The van der Waals surface area contributed by atoms with Gasteiger partial charge in [0.25, 0.3) is 0 Å². The van der Waals surface area contributed by atoms with Crippen LogP contribution in [0.15, 0.2) is 0 Å². The Balaban J connectivity index is 0. The predicted molar refractivity (Wildman–Crippen MR) is 58.8 cm³/mol. The fourth-order valence-corrected chi connectivity index (χ4v) is 1.27. The maximum absolute atomic E-state index is 9.60. The Hall–Kier alpha value is 0.236. The summed E-state index contributed by atoms with van der Waals surface area (Å²) in [6, 6.07) is 0. The summed E-state index contributed by atoms with van der Waals surface area (Å²) in [5, 5.41) is 7.91. The third kappa shape index (κ3) is 15.0. The van der Waals surface area contributed by atoms with Crippen LogP contribution in [0.4, 0.5) is 0 Å². The Bertz CT molecular complexity index is 100.0. The molecule has 2 nitrogen and oxygen atoms in total. The molecule has 76 valence electrons. The molecular weight excluding hydrogens is 176 g/mol. The summed E-state index contributed by atoms with van der Waals surface area (Å²) in [5.74, 6) is -0.711. The van der Waals surface area contributed by atoms with Crippen molar-refractivity contribution in [3.63, 3.8) is 0 Å².